The van der Waals surface area contributed by atoms with Gasteiger partial charge in [0.15, 0.2) is 5.82 Å². The Kier molecular flexibility index (Phi) is 10.5. The van der Waals surface area contributed by atoms with Crippen LogP contribution < -0.4 is 16.0 Å². The largest absolute Gasteiger partial charge is 0.442 e. The monoisotopic (exact) mass is 753 g/mol. The third-order valence-corrected chi connectivity index (χ3v) is 9.35. The highest BCUT2D eigenvalue weighted by molar-refractivity contribution is 8.00. The van der Waals surface area contributed by atoms with E-state index in [1.807, 2.05) is 0 Å². The Bertz CT molecular complexity index is 1650. The van der Waals surface area contributed by atoms with Gasteiger partial charge in [-0.15, -0.1) is 23.2 Å². The zero-order valence-corrected chi connectivity index (χ0v) is 26.5. The lowest BCUT2D eigenvalue weighted by Gasteiger charge is -2.13. The van der Waals surface area contributed by atoms with Gasteiger partial charge in [-0.2, -0.15) is 13.2 Å². The van der Waals surface area contributed by atoms with Crippen LogP contribution in [0.1, 0.15) is 21.8 Å². The number of hydrogen-bond donors (Lipinski definition) is 3. The minimum absolute atomic E-state index is 0.0706. The highest BCUT2D eigenvalue weighted by atomic mass is 35.5. The molecule has 0 heterocycles. The molecule has 0 saturated heterocycles. The van der Waals surface area contributed by atoms with Crippen LogP contribution in [-0.2, 0) is 9.59 Å². The molecule has 3 N–H and O–H groups in total. The highest BCUT2D eigenvalue weighted by Gasteiger charge is 2.67. The second-order valence-corrected chi connectivity index (χ2v) is 13.2. The van der Waals surface area contributed by atoms with Crippen molar-refractivity contribution in [3.8, 4) is 0 Å². The molecular formula is C26H14Cl6F5N3O3S. The van der Waals surface area contributed by atoms with E-state index in [2.05, 4.69) is 10.6 Å². The number of amides is 3. The molecule has 2 atom stereocenters. The molecule has 0 unspecified atom stereocenters. The Hall–Kier alpha value is -2.19. The Morgan fingerprint density at radius 1 is 0.864 bits per heavy atom. The number of benzene rings is 3. The van der Waals surface area contributed by atoms with Gasteiger partial charge in [-0.25, -0.2) is 8.78 Å². The summed E-state index contributed by atoms with van der Waals surface area (Å²) in [5, 5.41) is 6.67. The van der Waals surface area contributed by atoms with Crippen LogP contribution >= 0.6 is 81.4 Å². The second-order valence-electron chi connectivity index (χ2n) is 9.13. The SMILES string of the molecule is O=C(CSC(F)(F)F)Nc1c(F)ccc(NC(=O)c2cc(NC(=O)[C@H]3[C@H](c4cc(Cl)c(Cl)c(Cl)c4)C3(Cl)Cl)ccc2Cl)c1F. The van der Waals surface area contributed by atoms with Crippen molar-refractivity contribution in [1.29, 1.82) is 0 Å². The maximum atomic E-state index is 15.0. The molecular weight excluding hydrogens is 742 g/mol. The summed E-state index contributed by atoms with van der Waals surface area (Å²) >= 11 is 36.3. The van der Waals surface area contributed by atoms with Crippen LogP contribution in [0.5, 0.6) is 0 Å². The second kappa shape index (κ2) is 13.3. The number of hydrogen-bond acceptors (Lipinski definition) is 4. The van der Waals surface area contributed by atoms with Crippen molar-refractivity contribution in [2.45, 2.75) is 15.8 Å². The Morgan fingerprint density at radius 2 is 1.50 bits per heavy atom. The molecule has 3 aromatic carbocycles. The Balaban J connectivity index is 1.49. The number of carbonyl (C=O) groups excluding carboxylic acids is 3. The van der Waals surface area contributed by atoms with Gasteiger partial charge in [0.05, 0.1) is 43.0 Å². The van der Waals surface area contributed by atoms with Crippen molar-refractivity contribution in [2.75, 3.05) is 21.7 Å². The molecule has 4 rings (SSSR count). The first-order chi connectivity index (χ1) is 20.4. The van der Waals surface area contributed by atoms with Crippen LogP contribution in [0.4, 0.5) is 39.0 Å². The van der Waals surface area contributed by atoms with Crippen LogP contribution in [0.3, 0.4) is 0 Å². The summed E-state index contributed by atoms with van der Waals surface area (Å²) < 4.78 is 64.7. The molecule has 0 aliphatic heterocycles. The molecule has 18 heteroatoms. The summed E-state index contributed by atoms with van der Waals surface area (Å²) in [5.41, 5.74) is -6.17. The van der Waals surface area contributed by atoms with E-state index >= 15 is 0 Å². The lowest BCUT2D eigenvalue weighted by molar-refractivity contribution is -0.117. The zero-order valence-electron chi connectivity index (χ0n) is 21.2. The van der Waals surface area contributed by atoms with Crippen molar-refractivity contribution in [2.24, 2.45) is 5.92 Å². The van der Waals surface area contributed by atoms with Crippen molar-refractivity contribution in [1.82, 2.24) is 0 Å². The number of thioether (sulfide) groups is 1. The molecule has 44 heavy (non-hydrogen) atoms. The molecule has 0 aromatic heterocycles. The third kappa shape index (κ3) is 7.78. The maximum Gasteiger partial charge on any atom is 0.442 e. The first kappa shape index (κ1) is 34.7. The lowest BCUT2D eigenvalue weighted by Crippen LogP contribution is -2.20. The van der Waals surface area contributed by atoms with Gasteiger partial charge in [-0.05, 0) is 59.8 Å². The molecule has 1 aliphatic rings. The minimum Gasteiger partial charge on any atom is -0.326 e. The number of anilines is 3. The van der Waals surface area contributed by atoms with Gasteiger partial charge < -0.3 is 16.0 Å². The van der Waals surface area contributed by atoms with Crippen molar-refractivity contribution >= 4 is 116 Å². The van der Waals surface area contributed by atoms with Gasteiger partial charge in [-0.3, -0.25) is 14.4 Å². The smallest absolute Gasteiger partial charge is 0.326 e. The van der Waals surface area contributed by atoms with Crippen LogP contribution in [0.15, 0.2) is 42.5 Å². The number of rotatable bonds is 8. The first-order valence-electron chi connectivity index (χ1n) is 11.8. The van der Waals surface area contributed by atoms with Crippen molar-refractivity contribution in [3.05, 3.63) is 85.3 Å². The molecule has 1 aliphatic carbocycles. The normalized spacial score (nSPS) is 17.2. The quantitative estimate of drug-likeness (QED) is 0.122. The average molecular weight is 756 g/mol. The predicted octanol–water partition coefficient (Wildman–Crippen LogP) is 9.55. The Labute approximate surface area is 279 Å². The standard InChI is InChI=1S/C26H14Cl6F5N3O3S/c27-12-2-1-10(38-24(43)19-18(25(19,31)32)9-5-13(28)20(30)14(29)6-9)7-11(12)23(42)39-16-4-3-15(33)22(21(16)34)40-17(41)8-44-26(35,36)37/h1-7,18-19H,8H2,(H,38,43)(H,39,42)(H,40,41)/t18-,19+/m0/s1. The molecule has 234 valence electrons. The van der Waals surface area contributed by atoms with Gasteiger partial charge in [0.1, 0.15) is 15.8 Å². The fourth-order valence-electron chi connectivity index (χ4n) is 4.10. The van der Waals surface area contributed by atoms with Crippen molar-refractivity contribution in [3.63, 3.8) is 0 Å². The molecule has 0 radical (unpaired) electrons. The van der Waals surface area contributed by atoms with E-state index in [1.165, 1.54) is 24.3 Å². The third-order valence-electron chi connectivity index (χ3n) is 6.15. The van der Waals surface area contributed by atoms with Gasteiger partial charge in [-0.1, -0.05) is 46.4 Å². The molecule has 6 nitrogen and oxygen atoms in total. The summed E-state index contributed by atoms with van der Waals surface area (Å²) in [6, 6.07) is 8.24. The zero-order chi connectivity index (χ0) is 32.7. The maximum absolute atomic E-state index is 15.0. The summed E-state index contributed by atoms with van der Waals surface area (Å²) in [6.07, 6.45) is 0. The van der Waals surface area contributed by atoms with E-state index in [-0.39, 0.29) is 31.3 Å². The molecule has 0 bridgehead atoms. The van der Waals surface area contributed by atoms with Gasteiger partial charge in [0.2, 0.25) is 11.8 Å². The topological polar surface area (TPSA) is 87.3 Å². The van der Waals surface area contributed by atoms with Crippen molar-refractivity contribution < 1.29 is 36.3 Å². The summed E-state index contributed by atoms with van der Waals surface area (Å²) in [7, 11) is 0. The molecule has 1 fully saturated rings. The highest BCUT2D eigenvalue weighted by Crippen LogP contribution is 2.65. The summed E-state index contributed by atoms with van der Waals surface area (Å²) in [5.74, 6) is -8.59. The van der Waals surface area contributed by atoms with Gasteiger partial charge in [0, 0.05) is 11.6 Å². The number of alkyl halides is 5. The molecule has 3 aromatic rings. The Morgan fingerprint density at radius 3 is 2.11 bits per heavy atom. The molecule has 1 saturated carbocycles. The number of carbonyl (C=O) groups is 3. The van der Waals surface area contributed by atoms with Gasteiger partial charge >= 0.3 is 5.51 Å². The van der Waals surface area contributed by atoms with Crippen LogP contribution in [-0.4, -0.2) is 33.3 Å². The van der Waals surface area contributed by atoms with Gasteiger partial charge in [0.25, 0.3) is 5.91 Å². The summed E-state index contributed by atoms with van der Waals surface area (Å²) in [6.45, 7) is 0. The van der Waals surface area contributed by atoms with E-state index in [0.717, 1.165) is 12.1 Å². The van der Waals surface area contributed by atoms with E-state index in [1.54, 1.807) is 5.32 Å². The van der Waals surface area contributed by atoms with Crippen LogP contribution in [0.2, 0.25) is 20.1 Å². The molecule has 0 spiro atoms. The van der Waals surface area contributed by atoms with Crippen LogP contribution in [0, 0.1) is 17.6 Å². The molecule has 3 amide bonds. The number of nitrogens with one attached hydrogen (secondary N) is 3. The number of halogens is 11. The van der Waals surface area contributed by atoms with E-state index in [9.17, 15) is 36.3 Å². The lowest BCUT2D eigenvalue weighted by atomic mass is 10.1. The van der Waals surface area contributed by atoms with Crippen LogP contribution in [0.25, 0.3) is 0 Å². The van der Waals surface area contributed by atoms with E-state index < -0.39 is 79.9 Å². The van der Waals surface area contributed by atoms with E-state index in [4.69, 9.17) is 69.6 Å². The fourth-order valence-corrected chi connectivity index (χ4v) is 6.11. The van der Waals surface area contributed by atoms with E-state index in [0.29, 0.717) is 11.6 Å². The average Bonchev–Trinajstić information content (AvgIpc) is 3.52. The first-order valence-corrected chi connectivity index (χ1v) is 15.1. The summed E-state index contributed by atoms with van der Waals surface area (Å²) in [4.78, 5) is 37.8. The minimum atomic E-state index is -4.74. The predicted molar refractivity (Wildman–Crippen MR) is 164 cm³/mol. The fraction of sp³-hybridized carbons (Fsp3) is 0.192.